The summed E-state index contributed by atoms with van der Waals surface area (Å²) in [5.74, 6) is -0.394. The summed E-state index contributed by atoms with van der Waals surface area (Å²) in [6.45, 7) is 7.14. The van der Waals surface area contributed by atoms with Crippen molar-refractivity contribution in [1.82, 2.24) is 4.90 Å². The van der Waals surface area contributed by atoms with E-state index >= 15 is 0 Å². The van der Waals surface area contributed by atoms with Gasteiger partial charge in [-0.15, -0.1) is 0 Å². The SMILES string of the molecule is CCN(CC)Cc1cccc(NC(=O)Cc2ccc(F)cc2)c1. The predicted molar refractivity (Wildman–Crippen MR) is 91.8 cm³/mol. The molecule has 0 aromatic heterocycles. The summed E-state index contributed by atoms with van der Waals surface area (Å²) < 4.78 is 12.9. The molecule has 0 atom stereocenters. The highest BCUT2D eigenvalue weighted by Gasteiger charge is 2.06. The second-order valence-electron chi connectivity index (χ2n) is 5.51. The van der Waals surface area contributed by atoms with Crippen molar-refractivity contribution in [1.29, 1.82) is 0 Å². The zero-order valence-corrected chi connectivity index (χ0v) is 13.7. The zero-order valence-electron chi connectivity index (χ0n) is 13.7. The first-order chi connectivity index (χ1) is 11.1. The Morgan fingerprint density at radius 1 is 1.04 bits per heavy atom. The topological polar surface area (TPSA) is 32.3 Å². The number of halogens is 1. The number of nitrogens with one attached hydrogen (secondary N) is 1. The van der Waals surface area contributed by atoms with Crippen molar-refractivity contribution < 1.29 is 9.18 Å². The van der Waals surface area contributed by atoms with Gasteiger partial charge in [0.25, 0.3) is 0 Å². The van der Waals surface area contributed by atoms with Gasteiger partial charge in [0.1, 0.15) is 5.82 Å². The van der Waals surface area contributed by atoms with Crippen LogP contribution in [0.5, 0.6) is 0 Å². The van der Waals surface area contributed by atoms with Crippen molar-refractivity contribution in [2.75, 3.05) is 18.4 Å². The van der Waals surface area contributed by atoms with Crippen molar-refractivity contribution in [2.45, 2.75) is 26.8 Å². The summed E-state index contributed by atoms with van der Waals surface area (Å²) in [7, 11) is 0. The lowest BCUT2D eigenvalue weighted by molar-refractivity contribution is -0.115. The predicted octanol–water partition coefficient (Wildman–Crippen LogP) is 3.85. The van der Waals surface area contributed by atoms with E-state index in [-0.39, 0.29) is 18.1 Å². The first kappa shape index (κ1) is 17.2. The average molecular weight is 314 g/mol. The molecule has 0 saturated carbocycles. The highest BCUT2D eigenvalue weighted by molar-refractivity contribution is 5.92. The number of carbonyl (C=O) groups is 1. The Labute approximate surface area is 137 Å². The van der Waals surface area contributed by atoms with E-state index in [0.717, 1.165) is 30.9 Å². The minimum atomic E-state index is -0.293. The molecule has 2 aromatic rings. The summed E-state index contributed by atoms with van der Waals surface area (Å²) in [5.41, 5.74) is 2.76. The van der Waals surface area contributed by atoms with Gasteiger partial charge in [0.2, 0.25) is 5.91 Å². The summed E-state index contributed by atoms with van der Waals surface area (Å²) in [6, 6.07) is 13.9. The Bertz CT molecular complexity index is 636. The highest BCUT2D eigenvalue weighted by Crippen LogP contribution is 2.13. The molecule has 4 heteroatoms. The number of carbonyl (C=O) groups excluding carboxylic acids is 1. The van der Waals surface area contributed by atoms with E-state index < -0.39 is 0 Å². The lowest BCUT2D eigenvalue weighted by atomic mass is 10.1. The molecule has 0 heterocycles. The van der Waals surface area contributed by atoms with Crippen molar-refractivity contribution in [2.24, 2.45) is 0 Å². The smallest absolute Gasteiger partial charge is 0.228 e. The van der Waals surface area contributed by atoms with Crippen LogP contribution in [0.1, 0.15) is 25.0 Å². The monoisotopic (exact) mass is 314 g/mol. The highest BCUT2D eigenvalue weighted by atomic mass is 19.1. The Morgan fingerprint density at radius 2 is 1.74 bits per heavy atom. The van der Waals surface area contributed by atoms with Crippen LogP contribution in [0.4, 0.5) is 10.1 Å². The summed E-state index contributed by atoms with van der Waals surface area (Å²) in [6.07, 6.45) is 0.237. The molecule has 0 fully saturated rings. The number of anilines is 1. The molecule has 1 N–H and O–H groups in total. The molecule has 23 heavy (non-hydrogen) atoms. The van der Waals surface area contributed by atoms with Crippen LogP contribution >= 0.6 is 0 Å². The van der Waals surface area contributed by atoms with Crippen LogP contribution in [0.15, 0.2) is 48.5 Å². The van der Waals surface area contributed by atoms with Crippen molar-refractivity contribution >= 4 is 11.6 Å². The van der Waals surface area contributed by atoms with Crippen LogP contribution in [0.2, 0.25) is 0 Å². The van der Waals surface area contributed by atoms with Crippen LogP contribution < -0.4 is 5.32 Å². The average Bonchev–Trinajstić information content (AvgIpc) is 2.55. The molecule has 122 valence electrons. The van der Waals surface area contributed by atoms with E-state index in [1.54, 1.807) is 12.1 Å². The van der Waals surface area contributed by atoms with Crippen LogP contribution in [-0.2, 0) is 17.8 Å². The van der Waals surface area contributed by atoms with E-state index in [4.69, 9.17) is 0 Å². The second-order valence-corrected chi connectivity index (χ2v) is 5.51. The minimum Gasteiger partial charge on any atom is -0.326 e. The second kappa shape index (κ2) is 8.44. The molecule has 0 spiro atoms. The van der Waals surface area contributed by atoms with E-state index in [0.29, 0.717) is 0 Å². The molecule has 2 aromatic carbocycles. The summed E-state index contributed by atoms with van der Waals surface area (Å²) in [5, 5.41) is 2.90. The third-order valence-corrected chi connectivity index (χ3v) is 3.79. The van der Waals surface area contributed by atoms with Crippen molar-refractivity contribution in [3.63, 3.8) is 0 Å². The molecule has 2 rings (SSSR count). The largest absolute Gasteiger partial charge is 0.326 e. The number of hydrogen-bond donors (Lipinski definition) is 1. The van der Waals surface area contributed by atoms with Crippen LogP contribution in [0, 0.1) is 5.82 Å². The van der Waals surface area contributed by atoms with Crippen LogP contribution in [0.3, 0.4) is 0 Å². The Balaban J connectivity index is 1.96. The molecule has 0 radical (unpaired) electrons. The number of nitrogens with zero attached hydrogens (tertiary/aromatic N) is 1. The van der Waals surface area contributed by atoms with Gasteiger partial charge >= 0.3 is 0 Å². The van der Waals surface area contributed by atoms with Crippen molar-refractivity contribution in [3.8, 4) is 0 Å². The molecule has 0 aliphatic carbocycles. The van der Waals surface area contributed by atoms with E-state index in [1.165, 1.54) is 17.7 Å². The quantitative estimate of drug-likeness (QED) is 0.842. The van der Waals surface area contributed by atoms with Gasteiger partial charge in [-0.2, -0.15) is 0 Å². The molecule has 0 saturated heterocycles. The number of rotatable bonds is 7. The molecular formula is C19H23FN2O. The standard InChI is InChI=1S/C19H23FN2O/c1-3-22(4-2)14-16-6-5-7-18(12-16)21-19(23)13-15-8-10-17(20)11-9-15/h5-12H,3-4,13-14H2,1-2H3,(H,21,23). The van der Waals surface area contributed by atoms with Crippen LogP contribution in [0.25, 0.3) is 0 Å². The molecule has 0 unspecified atom stereocenters. The molecular weight excluding hydrogens is 291 g/mol. The first-order valence-corrected chi connectivity index (χ1v) is 7.96. The third kappa shape index (κ3) is 5.49. The van der Waals surface area contributed by atoms with Crippen molar-refractivity contribution in [3.05, 3.63) is 65.5 Å². The molecule has 1 amide bonds. The van der Waals surface area contributed by atoms with Gasteiger partial charge < -0.3 is 5.32 Å². The lowest BCUT2D eigenvalue weighted by Gasteiger charge is -2.18. The Kier molecular flexibility index (Phi) is 6.29. The lowest BCUT2D eigenvalue weighted by Crippen LogP contribution is -2.22. The van der Waals surface area contributed by atoms with Gasteiger partial charge in [0.15, 0.2) is 0 Å². The number of amides is 1. The number of hydrogen-bond acceptors (Lipinski definition) is 2. The molecule has 0 aliphatic rings. The van der Waals surface area contributed by atoms with E-state index in [1.807, 2.05) is 18.2 Å². The normalized spacial score (nSPS) is 10.8. The zero-order chi connectivity index (χ0) is 16.7. The van der Waals surface area contributed by atoms with Crippen LogP contribution in [-0.4, -0.2) is 23.9 Å². The fourth-order valence-corrected chi connectivity index (χ4v) is 2.45. The fourth-order valence-electron chi connectivity index (χ4n) is 2.45. The molecule has 0 aliphatic heterocycles. The maximum Gasteiger partial charge on any atom is 0.228 e. The number of benzene rings is 2. The van der Waals surface area contributed by atoms with Gasteiger partial charge in [0.05, 0.1) is 6.42 Å². The van der Waals surface area contributed by atoms with E-state index in [2.05, 4.69) is 30.1 Å². The Hall–Kier alpha value is -2.20. The van der Waals surface area contributed by atoms with Gasteiger partial charge in [-0.25, -0.2) is 4.39 Å². The Morgan fingerprint density at radius 3 is 2.39 bits per heavy atom. The maximum absolute atomic E-state index is 12.9. The first-order valence-electron chi connectivity index (χ1n) is 7.96. The van der Waals surface area contributed by atoms with Gasteiger partial charge in [-0.3, -0.25) is 9.69 Å². The van der Waals surface area contributed by atoms with Gasteiger partial charge in [-0.05, 0) is 48.5 Å². The molecule has 3 nitrogen and oxygen atoms in total. The molecule has 0 bridgehead atoms. The third-order valence-electron chi connectivity index (χ3n) is 3.79. The minimum absolute atomic E-state index is 0.100. The van der Waals surface area contributed by atoms with E-state index in [9.17, 15) is 9.18 Å². The van der Waals surface area contributed by atoms with Gasteiger partial charge in [-0.1, -0.05) is 38.1 Å². The summed E-state index contributed by atoms with van der Waals surface area (Å²) >= 11 is 0. The maximum atomic E-state index is 12.9. The van der Waals surface area contributed by atoms with Gasteiger partial charge in [0, 0.05) is 12.2 Å². The summed E-state index contributed by atoms with van der Waals surface area (Å²) in [4.78, 5) is 14.4. The fraction of sp³-hybridized carbons (Fsp3) is 0.316.